The number of hydrogen-bond acceptors (Lipinski definition) is 6. The van der Waals surface area contributed by atoms with Gasteiger partial charge in [-0.3, -0.25) is 9.58 Å². The largest absolute Gasteiger partial charge is 0.395 e. The molecule has 6 nitrogen and oxygen atoms in total. The zero-order chi connectivity index (χ0) is 13.7. The van der Waals surface area contributed by atoms with Crippen molar-refractivity contribution in [3.05, 3.63) is 29.0 Å². The normalized spacial score (nSPS) is 11.3. The average molecular weight is 281 g/mol. The van der Waals surface area contributed by atoms with Crippen molar-refractivity contribution in [2.75, 3.05) is 18.9 Å². The molecule has 0 amide bonds. The van der Waals surface area contributed by atoms with Crippen LogP contribution in [0.5, 0.6) is 0 Å². The Bertz CT molecular complexity index is 510. The molecule has 0 fully saturated rings. The Labute approximate surface area is 116 Å². The lowest BCUT2D eigenvalue weighted by molar-refractivity contribution is 0.185. The minimum atomic E-state index is 0.135. The summed E-state index contributed by atoms with van der Waals surface area (Å²) < 4.78 is 1.90. The molecule has 0 aliphatic rings. The van der Waals surface area contributed by atoms with Gasteiger partial charge in [0.2, 0.25) is 0 Å². The van der Waals surface area contributed by atoms with Crippen molar-refractivity contribution in [3.8, 4) is 0 Å². The van der Waals surface area contributed by atoms with Gasteiger partial charge in [-0.15, -0.1) is 11.3 Å². The number of thiazole rings is 1. The minimum absolute atomic E-state index is 0.135. The van der Waals surface area contributed by atoms with Crippen LogP contribution in [-0.2, 0) is 19.6 Å². The van der Waals surface area contributed by atoms with Crippen LogP contribution < -0.4 is 5.73 Å². The standard InChI is InChI=1S/C12H19N5OS/c1-2-17-8-10(5-15-17)7-16(3-4-18)9-11-6-14-12(13)19-11/h5-6,8,18H,2-4,7,9H2,1H3,(H2,13,14). The lowest BCUT2D eigenvalue weighted by atomic mass is 10.3. The van der Waals surface area contributed by atoms with Crippen molar-refractivity contribution in [1.29, 1.82) is 0 Å². The Hall–Kier alpha value is -1.44. The molecule has 0 aliphatic heterocycles. The van der Waals surface area contributed by atoms with E-state index in [1.165, 1.54) is 11.3 Å². The van der Waals surface area contributed by atoms with Gasteiger partial charge in [0.1, 0.15) is 0 Å². The van der Waals surface area contributed by atoms with E-state index in [-0.39, 0.29) is 6.61 Å². The Morgan fingerprint density at radius 3 is 2.84 bits per heavy atom. The third-order valence-corrected chi connectivity index (χ3v) is 3.60. The molecule has 3 N–H and O–H groups in total. The van der Waals surface area contributed by atoms with E-state index in [0.29, 0.717) is 11.7 Å². The summed E-state index contributed by atoms with van der Waals surface area (Å²) in [7, 11) is 0. The van der Waals surface area contributed by atoms with E-state index < -0.39 is 0 Å². The molecule has 7 heteroatoms. The van der Waals surface area contributed by atoms with Crippen LogP contribution in [0.3, 0.4) is 0 Å². The summed E-state index contributed by atoms with van der Waals surface area (Å²) in [5, 5.41) is 14.0. The lowest BCUT2D eigenvalue weighted by Gasteiger charge is -2.19. The van der Waals surface area contributed by atoms with Gasteiger partial charge in [0.05, 0.1) is 12.8 Å². The van der Waals surface area contributed by atoms with Crippen molar-refractivity contribution in [3.63, 3.8) is 0 Å². The first-order chi connectivity index (χ1) is 9.21. The molecule has 0 saturated heterocycles. The first-order valence-electron chi connectivity index (χ1n) is 6.26. The van der Waals surface area contributed by atoms with Crippen molar-refractivity contribution in [2.24, 2.45) is 0 Å². The van der Waals surface area contributed by atoms with Crippen molar-refractivity contribution < 1.29 is 5.11 Å². The zero-order valence-corrected chi connectivity index (χ0v) is 11.8. The highest BCUT2D eigenvalue weighted by Crippen LogP contribution is 2.17. The molecule has 104 valence electrons. The number of aromatic nitrogens is 3. The highest BCUT2D eigenvalue weighted by Gasteiger charge is 2.10. The molecular formula is C12H19N5OS. The number of hydrogen-bond donors (Lipinski definition) is 2. The number of nitrogens with zero attached hydrogens (tertiary/aromatic N) is 4. The van der Waals surface area contributed by atoms with E-state index in [0.717, 1.165) is 30.1 Å². The predicted octanol–water partition coefficient (Wildman–Crippen LogP) is 0.936. The minimum Gasteiger partial charge on any atom is -0.395 e. The highest BCUT2D eigenvalue weighted by atomic mass is 32.1. The quantitative estimate of drug-likeness (QED) is 0.789. The molecular weight excluding hydrogens is 262 g/mol. The number of nitrogen functional groups attached to an aromatic ring is 1. The molecule has 0 radical (unpaired) electrons. The molecule has 2 aromatic heterocycles. The second-order valence-electron chi connectivity index (χ2n) is 4.30. The van der Waals surface area contributed by atoms with E-state index in [1.54, 1.807) is 6.20 Å². The monoisotopic (exact) mass is 281 g/mol. The maximum absolute atomic E-state index is 9.15. The molecule has 0 saturated carbocycles. The van der Waals surface area contributed by atoms with Gasteiger partial charge in [-0.1, -0.05) is 0 Å². The second-order valence-corrected chi connectivity index (χ2v) is 5.45. The third-order valence-electron chi connectivity index (χ3n) is 2.78. The van der Waals surface area contributed by atoms with Gasteiger partial charge in [0.15, 0.2) is 5.13 Å². The summed E-state index contributed by atoms with van der Waals surface area (Å²) in [6.07, 6.45) is 5.69. The Morgan fingerprint density at radius 1 is 1.42 bits per heavy atom. The predicted molar refractivity (Wildman–Crippen MR) is 75.6 cm³/mol. The summed E-state index contributed by atoms with van der Waals surface area (Å²) in [5.74, 6) is 0. The van der Waals surface area contributed by atoms with Crippen LogP contribution in [0.15, 0.2) is 18.6 Å². The fraction of sp³-hybridized carbons (Fsp3) is 0.500. The average Bonchev–Trinajstić information content (AvgIpc) is 2.99. The number of aliphatic hydroxyl groups is 1. The third kappa shape index (κ3) is 4.02. The fourth-order valence-corrected chi connectivity index (χ4v) is 2.62. The van der Waals surface area contributed by atoms with Crippen LogP contribution in [-0.4, -0.2) is 37.9 Å². The maximum Gasteiger partial charge on any atom is 0.180 e. The number of aryl methyl sites for hydroxylation is 1. The van der Waals surface area contributed by atoms with E-state index in [2.05, 4.69) is 21.9 Å². The molecule has 0 atom stereocenters. The molecule has 0 aromatic carbocycles. The molecule has 0 bridgehead atoms. The van der Waals surface area contributed by atoms with Crippen LogP contribution >= 0.6 is 11.3 Å². The Balaban J connectivity index is 1.99. The summed E-state index contributed by atoms with van der Waals surface area (Å²) in [4.78, 5) is 7.31. The summed E-state index contributed by atoms with van der Waals surface area (Å²) in [5.41, 5.74) is 6.77. The summed E-state index contributed by atoms with van der Waals surface area (Å²) in [6.45, 7) is 5.18. The second kappa shape index (κ2) is 6.65. The number of nitrogens with two attached hydrogens (primary N) is 1. The van der Waals surface area contributed by atoms with Crippen LogP contribution in [0.4, 0.5) is 5.13 Å². The summed E-state index contributed by atoms with van der Waals surface area (Å²) >= 11 is 1.48. The van der Waals surface area contributed by atoms with E-state index in [1.807, 2.05) is 17.1 Å². The summed E-state index contributed by atoms with van der Waals surface area (Å²) in [6, 6.07) is 0. The molecule has 0 spiro atoms. The van der Waals surface area contributed by atoms with E-state index in [9.17, 15) is 0 Å². The SMILES string of the molecule is CCn1cc(CN(CCO)Cc2cnc(N)s2)cn1. The number of aliphatic hydroxyl groups excluding tert-OH is 1. The van der Waals surface area contributed by atoms with Gasteiger partial charge in [0, 0.05) is 49.0 Å². The van der Waals surface area contributed by atoms with Crippen molar-refractivity contribution in [1.82, 2.24) is 19.7 Å². The smallest absolute Gasteiger partial charge is 0.180 e. The van der Waals surface area contributed by atoms with Crippen LogP contribution in [0.1, 0.15) is 17.4 Å². The van der Waals surface area contributed by atoms with Gasteiger partial charge < -0.3 is 10.8 Å². The van der Waals surface area contributed by atoms with Crippen molar-refractivity contribution in [2.45, 2.75) is 26.6 Å². The van der Waals surface area contributed by atoms with Gasteiger partial charge in [-0.2, -0.15) is 5.10 Å². The lowest BCUT2D eigenvalue weighted by Crippen LogP contribution is -2.25. The zero-order valence-electron chi connectivity index (χ0n) is 11.0. The topological polar surface area (TPSA) is 80.2 Å². The van der Waals surface area contributed by atoms with Crippen molar-refractivity contribution >= 4 is 16.5 Å². The van der Waals surface area contributed by atoms with Gasteiger partial charge in [0.25, 0.3) is 0 Å². The molecule has 2 heterocycles. The Morgan fingerprint density at radius 2 is 2.26 bits per heavy atom. The highest BCUT2D eigenvalue weighted by molar-refractivity contribution is 7.15. The first kappa shape index (κ1) is 14.0. The molecule has 0 unspecified atom stereocenters. The van der Waals surface area contributed by atoms with Gasteiger partial charge in [-0.05, 0) is 6.92 Å². The van der Waals surface area contributed by atoms with Gasteiger partial charge >= 0.3 is 0 Å². The molecule has 2 aromatic rings. The number of anilines is 1. The molecule has 2 rings (SSSR count). The Kier molecular flexibility index (Phi) is 4.89. The van der Waals surface area contributed by atoms with Crippen LogP contribution in [0, 0.1) is 0 Å². The molecule has 0 aliphatic carbocycles. The first-order valence-corrected chi connectivity index (χ1v) is 7.07. The van der Waals surface area contributed by atoms with Gasteiger partial charge in [-0.25, -0.2) is 4.98 Å². The molecule has 19 heavy (non-hydrogen) atoms. The van der Waals surface area contributed by atoms with E-state index in [4.69, 9.17) is 10.8 Å². The van der Waals surface area contributed by atoms with Crippen LogP contribution in [0.2, 0.25) is 0 Å². The van der Waals surface area contributed by atoms with E-state index >= 15 is 0 Å². The number of rotatable bonds is 7. The van der Waals surface area contributed by atoms with Crippen LogP contribution in [0.25, 0.3) is 0 Å². The fourth-order valence-electron chi connectivity index (χ4n) is 1.89. The maximum atomic E-state index is 9.15.